The Morgan fingerprint density at radius 3 is 2.11 bits per heavy atom. The van der Waals surface area contributed by atoms with Crippen LogP contribution in [0, 0.1) is 17.8 Å². The molecule has 0 atom stereocenters. The standard InChI is InChI=1S/C16H29NO2/c1-2-12-3-5-13(6-4-12)11-17-15-9-7-14(8-10-15)16(18)19/h12-15,17H,2-11H2,1H3,(H,18,19). The second-order valence-electron chi connectivity index (χ2n) is 6.59. The quantitative estimate of drug-likeness (QED) is 0.802. The predicted molar refractivity (Wildman–Crippen MR) is 77.1 cm³/mol. The number of hydrogen-bond donors (Lipinski definition) is 2. The van der Waals surface area contributed by atoms with Gasteiger partial charge < -0.3 is 10.4 Å². The van der Waals surface area contributed by atoms with E-state index >= 15 is 0 Å². The van der Waals surface area contributed by atoms with Gasteiger partial charge >= 0.3 is 5.97 Å². The van der Waals surface area contributed by atoms with Crippen LogP contribution in [0.4, 0.5) is 0 Å². The summed E-state index contributed by atoms with van der Waals surface area (Å²) in [5, 5.41) is 12.7. The zero-order chi connectivity index (χ0) is 13.7. The molecule has 0 bridgehead atoms. The van der Waals surface area contributed by atoms with Crippen LogP contribution in [0.15, 0.2) is 0 Å². The van der Waals surface area contributed by atoms with Crippen LogP contribution in [-0.2, 0) is 4.79 Å². The van der Waals surface area contributed by atoms with E-state index < -0.39 is 5.97 Å². The molecule has 0 aromatic carbocycles. The minimum absolute atomic E-state index is 0.0851. The molecule has 2 rings (SSSR count). The highest BCUT2D eigenvalue weighted by Crippen LogP contribution is 2.31. The third-order valence-corrected chi connectivity index (χ3v) is 5.32. The van der Waals surface area contributed by atoms with Crippen LogP contribution in [-0.4, -0.2) is 23.7 Å². The molecule has 110 valence electrons. The smallest absolute Gasteiger partial charge is 0.306 e. The zero-order valence-corrected chi connectivity index (χ0v) is 12.2. The summed E-state index contributed by atoms with van der Waals surface area (Å²) >= 11 is 0. The third kappa shape index (κ3) is 4.48. The van der Waals surface area contributed by atoms with Gasteiger partial charge in [0.05, 0.1) is 5.92 Å². The lowest BCUT2D eigenvalue weighted by Crippen LogP contribution is -2.38. The summed E-state index contributed by atoms with van der Waals surface area (Å²) in [5.74, 6) is 1.15. The molecule has 3 heteroatoms. The predicted octanol–water partition coefficient (Wildman–Crippen LogP) is 3.44. The van der Waals surface area contributed by atoms with E-state index in [2.05, 4.69) is 12.2 Å². The van der Waals surface area contributed by atoms with Gasteiger partial charge in [-0.3, -0.25) is 4.79 Å². The summed E-state index contributed by atoms with van der Waals surface area (Å²) in [6.07, 6.45) is 10.7. The number of carboxylic acids is 1. The number of aliphatic carboxylic acids is 1. The first-order chi connectivity index (χ1) is 9.19. The Morgan fingerprint density at radius 2 is 1.58 bits per heavy atom. The summed E-state index contributed by atoms with van der Waals surface area (Å²) in [4.78, 5) is 10.9. The van der Waals surface area contributed by atoms with E-state index in [1.807, 2.05) is 0 Å². The molecular formula is C16H29NO2. The van der Waals surface area contributed by atoms with Gasteiger partial charge in [0.25, 0.3) is 0 Å². The number of carbonyl (C=O) groups is 1. The van der Waals surface area contributed by atoms with Gasteiger partial charge in [-0.1, -0.05) is 26.2 Å². The molecule has 0 unspecified atom stereocenters. The van der Waals surface area contributed by atoms with Crippen molar-refractivity contribution < 1.29 is 9.90 Å². The summed E-state index contributed by atoms with van der Waals surface area (Å²) in [6, 6.07) is 0.569. The molecule has 3 nitrogen and oxygen atoms in total. The first-order valence-electron chi connectivity index (χ1n) is 8.15. The van der Waals surface area contributed by atoms with Gasteiger partial charge in [-0.15, -0.1) is 0 Å². The van der Waals surface area contributed by atoms with Crippen LogP contribution in [0.3, 0.4) is 0 Å². The monoisotopic (exact) mass is 267 g/mol. The molecule has 0 spiro atoms. The summed E-state index contributed by atoms with van der Waals surface area (Å²) in [5.41, 5.74) is 0. The average molecular weight is 267 g/mol. The van der Waals surface area contributed by atoms with Crippen molar-refractivity contribution in [2.24, 2.45) is 17.8 Å². The Balaban J connectivity index is 1.61. The SMILES string of the molecule is CCC1CCC(CNC2CCC(C(=O)O)CC2)CC1. The fourth-order valence-electron chi connectivity index (χ4n) is 3.72. The summed E-state index contributed by atoms with van der Waals surface area (Å²) in [6.45, 7) is 3.46. The van der Waals surface area contributed by atoms with Crippen molar-refractivity contribution in [1.29, 1.82) is 0 Å². The summed E-state index contributed by atoms with van der Waals surface area (Å²) in [7, 11) is 0. The number of hydrogen-bond acceptors (Lipinski definition) is 2. The molecule has 2 saturated carbocycles. The van der Waals surface area contributed by atoms with Crippen LogP contribution in [0.5, 0.6) is 0 Å². The van der Waals surface area contributed by atoms with E-state index in [1.54, 1.807) is 0 Å². The molecule has 2 aliphatic carbocycles. The maximum atomic E-state index is 10.9. The van der Waals surface area contributed by atoms with Crippen molar-refractivity contribution in [2.45, 2.75) is 70.8 Å². The van der Waals surface area contributed by atoms with Gasteiger partial charge in [0.1, 0.15) is 0 Å². The van der Waals surface area contributed by atoms with Crippen LogP contribution in [0.2, 0.25) is 0 Å². The van der Waals surface area contributed by atoms with Crippen molar-refractivity contribution in [2.75, 3.05) is 6.54 Å². The van der Waals surface area contributed by atoms with E-state index in [9.17, 15) is 4.79 Å². The molecule has 19 heavy (non-hydrogen) atoms. The molecule has 0 saturated heterocycles. The molecule has 0 radical (unpaired) electrons. The fraction of sp³-hybridized carbons (Fsp3) is 0.938. The molecule has 2 aliphatic rings. The maximum absolute atomic E-state index is 10.9. The fourth-order valence-corrected chi connectivity index (χ4v) is 3.72. The van der Waals surface area contributed by atoms with Crippen molar-refractivity contribution in [3.8, 4) is 0 Å². The average Bonchev–Trinajstić information content (AvgIpc) is 2.46. The van der Waals surface area contributed by atoms with Gasteiger partial charge in [0.2, 0.25) is 0 Å². The highest BCUT2D eigenvalue weighted by molar-refractivity contribution is 5.70. The molecule has 2 fully saturated rings. The molecule has 0 aromatic heterocycles. The van der Waals surface area contributed by atoms with Gasteiger partial charge in [-0.05, 0) is 56.9 Å². The minimum atomic E-state index is -0.601. The highest BCUT2D eigenvalue weighted by atomic mass is 16.4. The topological polar surface area (TPSA) is 49.3 Å². The molecule has 0 aromatic rings. The van der Waals surface area contributed by atoms with Crippen molar-refractivity contribution >= 4 is 5.97 Å². The third-order valence-electron chi connectivity index (χ3n) is 5.32. The lowest BCUT2D eigenvalue weighted by Gasteiger charge is -2.31. The van der Waals surface area contributed by atoms with E-state index in [4.69, 9.17) is 5.11 Å². The Hall–Kier alpha value is -0.570. The molecule has 0 aliphatic heterocycles. The van der Waals surface area contributed by atoms with E-state index in [0.717, 1.165) is 44.1 Å². The molecule has 0 amide bonds. The number of nitrogens with one attached hydrogen (secondary N) is 1. The first kappa shape index (κ1) is 14.8. The normalized spacial score (nSPS) is 36.1. The van der Waals surface area contributed by atoms with Gasteiger partial charge in [0, 0.05) is 6.04 Å². The van der Waals surface area contributed by atoms with Crippen LogP contribution in [0.1, 0.15) is 64.7 Å². The van der Waals surface area contributed by atoms with Gasteiger partial charge in [0.15, 0.2) is 0 Å². The lowest BCUT2D eigenvalue weighted by molar-refractivity contribution is -0.142. The number of carboxylic acid groups (broad SMARTS) is 1. The first-order valence-corrected chi connectivity index (χ1v) is 8.15. The Labute approximate surface area is 117 Å². The highest BCUT2D eigenvalue weighted by Gasteiger charge is 2.26. The Kier molecular flexibility index (Phi) is 5.68. The van der Waals surface area contributed by atoms with Crippen LogP contribution < -0.4 is 5.32 Å². The minimum Gasteiger partial charge on any atom is -0.481 e. The largest absolute Gasteiger partial charge is 0.481 e. The van der Waals surface area contributed by atoms with E-state index in [0.29, 0.717) is 6.04 Å². The van der Waals surface area contributed by atoms with E-state index in [1.165, 1.54) is 32.1 Å². The van der Waals surface area contributed by atoms with Crippen molar-refractivity contribution in [3.63, 3.8) is 0 Å². The van der Waals surface area contributed by atoms with Gasteiger partial charge in [-0.2, -0.15) is 0 Å². The van der Waals surface area contributed by atoms with E-state index in [-0.39, 0.29) is 5.92 Å². The molecule has 2 N–H and O–H groups in total. The Bertz CT molecular complexity index is 276. The van der Waals surface area contributed by atoms with Crippen LogP contribution >= 0.6 is 0 Å². The Morgan fingerprint density at radius 1 is 1.00 bits per heavy atom. The van der Waals surface area contributed by atoms with Crippen molar-refractivity contribution in [1.82, 2.24) is 5.32 Å². The second kappa shape index (κ2) is 7.28. The van der Waals surface area contributed by atoms with Crippen LogP contribution in [0.25, 0.3) is 0 Å². The van der Waals surface area contributed by atoms with Crippen molar-refractivity contribution in [3.05, 3.63) is 0 Å². The number of rotatable bonds is 5. The second-order valence-corrected chi connectivity index (χ2v) is 6.59. The lowest BCUT2D eigenvalue weighted by atomic mass is 9.80. The molecular weight excluding hydrogens is 238 g/mol. The summed E-state index contributed by atoms with van der Waals surface area (Å²) < 4.78 is 0. The maximum Gasteiger partial charge on any atom is 0.306 e. The van der Waals surface area contributed by atoms with Gasteiger partial charge in [-0.25, -0.2) is 0 Å². The molecule has 0 heterocycles. The zero-order valence-electron chi connectivity index (χ0n) is 12.2.